The maximum atomic E-state index is 13.1. The Bertz CT molecular complexity index is 1130. The van der Waals surface area contributed by atoms with E-state index in [1.54, 1.807) is 41.6 Å². The number of H-pyrrole nitrogens is 1. The zero-order valence-electron chi connectivity index (χ0n) is 15.7. The quantitative estimate of drug-likeness (QED) is 0.702. The maximum Gasteiger partial charge on any atom is 0.330 e. The molecule has 148 valence electrons. The topological polar surface area (TPSA) is 87.6 Å². The molecule has 5 rings (SSSR count). The van der Waals surface area contributed by atoms with Crippen molar-refractivity contribution in [2.45, 2.75) is 24.5 Å². The van der Waals surface area contributed by atoms with Crippen molar-refractivity contribution in [3.63, 3.8) is 0 Å². The number of para-hydroxylation sites is 1. The number of rotatable bonds is 2. The van der Waals surface area contributed by atoms with Gasteiger partial charge in [-0.2, -0.15) is 0 Å². The number of benzene rings is 2. The average molecular weight is 391 g/mol. The number of amides is 1. The SMILES string of the molecule is O=C(c1cccc(-n2cc[nH]c2=O)c1)N1CCC2(CC(O)c3ccccc3O2)C1. The maximum absolute atomic E-state index is 13.1. The highest BCUT2D eigenvalue weighted by atomic mass is 16.5. The Balaban J connectivity index is 1.38. The van der Waals surface area contributed by atoms with Gasteiger partial charge in [0.15, 0.2) is 0 Å². The Morgan fingerprint density at radius 3 is 2.90 bits per heavy atom. The van der Waals surface area contributed by atoms with E-state index >= 15 is 0 Å². The number of nitrogens with zero attached hydrogens (tertiary/aromatic N) is 2. The van der Waals surface area contributed by atoms with Crippen LogP contribution in [0.1, 0.15) is 34.9 Å². The lowest BCUT2D eigenvalue weighted by Crippen LogP contribution is -2.44. The first-order valence-electron chi connectivity index (χ1n) is 9.66. The summed E-state index contributed by atoms with van der Waals surface area (Å²) in [7, 11) is 0. The van der Waals surface area contributed by atoms with Crippen molar-refractivity contribution < 1.29 is 14.6 Å². The Morgan fingerprint density at radius 1 is 1.21 bits per heavy atom. The van der Waals surface area contributed by atoms with Crippen molar-refractivity contribution in [1.82, 2.24) is 14.5 Å². The van der Waals surface area contributed by atoms with Gasteiger partial charge in [0, 0.05) is 42.9 Å². The van der Waals surface area contributed by atoms with Crippen LogP contribution in [0.2, 0.25) is 0 Å². The monoisotopic (exact) mass is 391 g/mol. The minimum atomic E-state index is -0.598. The number of aliphatic hydroxyl groups is 1. The zero-order valence-corrected chi connectivity index (χ0v) is 15.7. The van der Waals surface area contributed by atoms with Gasteiger partial charge in [0.2, 0.25) is 0 Å². The molecule has 1 spiro atoms. The molecule has 3 heterocycles. The number of nitrogens with one attached hydrogen (secondary N) is 1. The summed E-state index contributed by atoms with van der Waals surface area (Å²) in [5.74, 6) is 0.582. The molecule has 0 bridgehead atoms. The van der Waals surface area contributed by atoms with Gasteiger partial charge in [-0.1, -0.05) is 24.3 Å². The van der Waals surface area contributed by atoms with Crippen LogP contribution in [0, 0.1) is 0 Å². The number of imidazole rings is 1. The summed E-state index contributed by atoms with van der Waals surface area (Å²) in [6.07, 6.45) is 3.72. The molecular formula is C22H21N3O4. The van der Waals surface area contributed by atoms with Crippen LogP contribution in [0.15, 0.2) is 65.7 Å². The van der Waals surface area contributed by atoms with Crippen molar-refractivity contribution >= 4 is 5.91 Å². The van der Waals surface area contributed by atoms with E-state index in [2.05, 4.69) is 4.98 Å². The average Bonchev–Trinajstić information content (AvgIpc) is 3.34. The minimum absolute atomic E-state index is 0.107. The number of likely N-dealkylation sites (tertiary alicyclic amines) is 1. The summed E-state index contributed by atoms with van der Waals surface area (Å²) in [4.78, 5) is 29.3. The number of carbonyl (C=O) groups is 1. The van der Waals surface area contributed by atoms with Crippen molar-refractivity contribution in [2.75, 3.05) is 13.1 Å². The van der Waals surface area contributed by atoms with Crippen LogP contribution >= 0.6 is 0 Å². The fraction of sp³-hybridized carbons (Fsp3) is 0.273. The molecule has 1 saturated heterocycles. The van der Waals surface area contributed by atoms with Crippen molar-refractivity contribution in [2.24, 2.45) is 0 Å². The summed E-state index contributed by atoms with van der Waals surface area (Å²) in [5, 5.41) is 10.6. The van der Waals surface area contributed by atoms with Gasteiger partial charge in [-0.15, -0.1) is 0 Å². The second kappa shape index (κ2) is 6.63. The summed E-state index contributed by atoms with van der Waals surface area (Å²) < 4.78 is 7.72. The van der Waals surface area contributed by atoms with Crippen LogP contribution in [0.4, 0.5) is 0 Å². The lowest BCUT2D eigenvalue weighted by molar-refractivity contribution is -0.00663. The Morgan fingerprint density at radius 2 is 2.07 bits per heavy atom. The molecule has 0 radical (unpaired) electrons. The third-order valence-corrected chi connectivity index (χ3v) is 5.79. The highest BCUT2D eigenvalue weighted by molar-refractivity contribution is 5.95. The lowest BCUT2D eigenvalue weighted by Gasteiger charge is -2.38. The van der Waals surface area contributed by atoms with Crippen LogP contribution in [0.5, 0.6) is 5.75 Å². The highest BCUT2D eigenvalue weighted by Crippen LogP contribution is 2.43. The third-order valence-electron chi connectivity index (χ3n) is 5.79. The van der Waals surface area contributed by atoms with Gasteiger partial charge in [0.1, 0.15) is 11.4 Å². The molecule has 1 fully saturated rings. The van der Waals surface area contributed by atoms with Gasteiger partial charge < -0.3 is 19.7 Å². The summed E-state index contributed by atoms with van der Waals surface area (Å²) >= 11 is 0. The molecule has 3 aromatic rings. The lowest BCUT2D eigenvalue weighted by atomic mass is 9.88. The summed E-state index contributed by atoms with van der Waals surface area (Å²) in [6, 6.07) is 14.5. The van der Waals surface area contributed by atoms with Gasteiger partial charge >= 0.3 is 5.69 Å². The second-order valence-electron chi connectivity index (χ2n) is 7.71. The molecule has 2 N–H and O–H groups in total. The first-order chi connectivity index (χ1) is 14.0. The number of ether oxygens (including phenoxy) is 1. The number of fused-ring (bicyclic) bond motifs is 1. The van der Waals surface area contributed by atoms with Gasteiger partial charge in [-0.05, 0) is 24.3 Å². The molecule has 2 aromatic carbocycles. The highest BCUT2D eigenvalue weighted by Gasteiger charge is 2.46. The van der Waals surface area contributed by atoms with Crippen LogP contribution in [0.3, 0.4) is 0 Å². The number of aromatic amines is 1. The number of carbonyl (C=O) groups excluding carboxylic acids is 1. The van der Waals surface area contributed by atoms with Crippen LogP contribution in [-0.4, -0.2) is 44.2 Å². The van der Waals surface area contributed by atoms with Gasteiger partial charge in [-0.25, -0.2) is 4.79 Å². The smallest absolute Gasteiger partial charge is 0.330 e. The van der Waals surface area contributed by atoms with E-state index in [9.17, 15) is 14.7 Å². The largest absolute Gasteiger partial charge is 0.485 e. The molecule has 2 unspecified atom stereocenters. The fourth-order valence-corrected chi connectivity index (χ4v) is 4.35. The first kappa shape index (κ1) is 17.8. The van der Waals surface area contributed by atoms with E-state index in [-0.39, 0.29) is 11.6 Å². The molecule has 2 aliphatic rings. The standard InChI is InChI=1S/C22H21N3O4/c26-18-13-22(29-19-7-2-1-6-17(18)19)8-10-24(14-22)20(27)15-4-3-5-16(12-15)25-11-9-23-21(25)28/h1-7,9,11-12,18,26H,8,10,13-14H2,(H,23,28). The van der Waals surface area contributed by atoms with Crippen molar-refractivity contribution in [1.29, 1.82) is 0 Å². The van der Waals surface area contributed by atoms with Gasteiger partial charge in [0.25, 0.3) is 5.91 Å². The van der Waals surface area contributed by atoms with Crippen molar-refractivity contribution in [3.8, 4) is 11.4 Å². The molecular weight excluding hydrogens is 370 g/mol. The number of aromatic nitrogens is 2. The summed E-state index contributed by atoms with van der Waals surface area (Å²) in [6.45, 7) is 0.980. The second-order valence-corrected chi connectivity index (χ2v) is 7.71. The fourth-order valence-electron chi connectivity index (χ4n) is 4.35. The van der Waals surface area contributed by atoms with Gasteiger partial charge in [-0.3, -0.25) is 9.36 Å². The predicted octanol–water partition coefficient (Wildman–Crippen LogP) is 2.27. The van der Waals surface area contributed by atoms with Crippen LogP contribution in [-0.2, 0) is 0 Å². The minimum Gasteiger partial charge on any atom is -0.485 e. The Hall–Kier alpha value is -3.32. The zero-order chi connectivity index (χ0) is 20.0. The first-order valence-corrected chi connectivity index (χ1v) is 9.66. The van der Waals surface area contributed by atoms with E-state index in [0.29, 0.717) is 42.9 Å². The molecule has 7 heteroatoms. The van der Waals surface area contributed by atoms with Crippen LogP contribution in [0.25, 0.3) is 5.69 Å². The number of aliphatic hydroxyl groups excluding tert-OH is 1. The summed E-state index contributed by atoms with van der Waals surface area (Å²) in [5.41, 5.74) is 1.13. The Labute approximate surface area is 167 Å². The molecule has 1 aromatic heterocycles. The van der Waals surface area contributed by atoms with Crippen molar-refractivity contribution in [3.05, 3.63) is 82.5 Å². The van der Waals surface area contributed by atoms with E-state index in [0.717, 1.165) is 5.56 Å². The molecule has 0 saturated carbocycles. The molecule has 29 heavy (non-hydrogen) atoms. The van der Waals surface area contributed by atoms with E-state index in [1.165, 1.54) is 4.57 Å². The molecule has 0 aliphatic carbocycles. The van der Waals surface area contributed by atoms with E-state index in [1.807, 2.05) is 24.3 Å². The van der Waals surface area contributed by atoms with Crippen LogP contribution < -0.4 is 10.4 Å². The predicted molar refractivity (Wildman–Crippen MR) is 106 cm³/mol. The number of hydrogen-bond donors (Lipinski definition) is 2. The third kappa shape index (κ3) is 3.03. The van der Waals surface area contributed by atoms with E-state index in [4.69, 9.17) is 4.74 Å². The number of hydrogen-bond acceptors (Lipinski definition) is 4. The Kier molecular flexibility index (Phi) is 4.06. The molecule has 2 atom stereocenters. The van der Waals surface area contributed by atoms with E-state index < -0.39 is 11.7 Å². The molecule has 7 nitrogen and oxygen atoms in total. The normalized spacial score (nSPS) is 23.1. The molecule has 1 amide bonds. The molecule has 2 aliphatic heterocycles. The van der Waals surface area contributed by atoms with Gasteiger partial charge in [0.05, 0.1) is 18.3 Å².